The summed E-state index contributed by atoms with van der Waals surface area (Å²) in [7, 11) is 1.89. The molecule has 0 bridgehead atoms. The molecule has 0 unspecified atom stereocenters. The number of nitrogens with zero attached hydrogens (tertiary/aromatic N) is 2. The Bertz CT molecular complexity index is 506. The molecule has 2 aliphatic rings. The van der Waals surface area contributed by atoms with Gasteiger partial charge in [-0.05, 0) is 36.8 Å². The smallest absolute Gasteiger partial charge is 0.194 e. The van der Waals surface area contributed by atoms with Crippen LogP contribution in [-0.4, -0.2) is 37.0 Å². The van der Waals surface area contributed by atoms with E-state index in [0.717, 1.165) is 25.5 Å². The number of aliphatic imine (C=N–C) groups is 1. The van der Waals surface area contributed by atoms with Gasteiger partial charge in [0, 0.05) is 26.2 Å². The molecule has 1 aliphatic carbocycles. The molecule has 0 aromatic heterocycles. The fourth-order valence-electron chi connectivity index (χ4n) is 2.81. The zero-order valence-corrected chi connectivity index (χ0v) is 14.9. The van der Waals surface area contributed by atoms with Gasteiger partial charge in [0.1, 0.15) is 0 Å². The monoisotopic (exact) mass is 397 g/mol. The van der Waals surface area contributed by atoms with Gasteiger partial charge in [0.15, 0.2) is 5.96 Å². The first-order chi connectivity index (χ1) is 9.86. The van der Waals surface area contributed by atoms with Crippen molar-refractivity contribution in [2.45, 2.75) is 31.7 Å². The predicted molar refractivity (Wildman–Crippen MR) is 100 cm³/mol. The van der Waals surface area contributed by atoms with E-state index in [4.69, 9.17) is 0 Å². The van der Waals surface area contributed by atoms with Gasteiger partial charge in [-0.15, -0.1) is 24.0 Å². The molecule has 1 saturated carbocycles. The first kappa shape index (κ1) is 16.3. The Balaban J connectivity index is 0.00000161. The number of benzene rings is 1. The van der Waals surface area contributed by atoms with E-state index in [0.29, 0.717) is 6.04 Å². The minimum Gasteiger partial charge on any atom is -0.354 e. The SMILES string of the molecule is CN=C(NC1CCC1)N1CC=C(c2ccccc2)CC1.I. The number of nitrogens with one attached hydrogen (secondary N) is 1. The first-order valence-electron chi connectivity index (χ1n) is 7.59. The van der Waals surface area contributed by atoms with Gasteiger partial charge < -0.3 is 10.2 Å². The number of halogens is 1. The summed E-state index contributed by atoms with van der Waals surface area (Å²) >= 11 is 0. The molecule has 1 aromatic rings. The molecule has 3 rings (SSSR count). The minimum absolute atomic E-state index is 0. The number of guanidine groups is 1. The van der Waals surface area contributed by atoms with Gasteiger partial charge in [0.05, 0.1) is 0 Å². The highest BCUT2D eigenvalue weighted by molar-refractivity contribution is 14.0. The summed E-state index contributed by atoms with van der Waals surface area (Å²) in [5.74, 6) is 1.07. The van der Waals surface area contributed by atoms with Gasteiger partial charge in [-0.2, -0.15) is 0 Å². The average Bonchev–Trinajstić information content (AvgIpc) is 2.48. The lowest BCUT2D eigenvalue weighted by Gasteiger charge is -2.34. The second kappa shape index (κ2) is 7.82. The lowest BCUT2D eigenvalue weighted by molar-refractivity contribution is 0.353. The third kappa shape index (κ3) is 3.99. The highest BCUT2D eigenvalue weighted by atomic mass is 127. The highest BCUT2D eigenvalue weighted by Gasteiger charge is 2.22. The van der Waals surface area contributed by atoms with Crippen LogP contribution in [0.15, 0.2) is 41.4 Å². The summed E-state index contributed by atoms with van der Waals surface area (Å²) in [5.41, 5.74) is 2.81. The molecule has 0 spiro atoms. The Morgan fingerprint density at radius 2 is 2.00 bits per heavy atom. The molecule has 114 valence electrons. The number of hydrogen-bond donors (Lipinski definition) is 1. The Labute approximate surface area is 144 Å². The molecule has 21 heavy (non-hydrogen) atoms. The van der Waals surface area contributed by atoms with E-state index in [-0.39, 0.29) is 24.0 Å². The van der Waals surface area contributed by atoms with Gasteiger partial charge in [-0.1, -0.05) is 36.4 Å². The fraction of sp³-hybridized carbons (Fsp3) is 0.471. The third-order valence-electron chi connectivity index (χ3n) is 4.30. The van der Waals surface area contributed by atoms with Gasteiger partial charge in [-0.25, -0.2) is 0 Å². The van der Waals surface area contributed by atoms with Crippen LogP contribution in [0.3, 0.4) is 0 Å². The third-order valence-corrected chi connectivity index (χ3v) is 4.30. The van der Waals surface area contributed by atoms with Crippen LogP contribution in [0.1, 0.15) is 31.2 Å². The van der Waals surface area contributed by atoms with Crippen molar-refractivity contribution < 1.29 is 0 Å². The molecule has 4 heteroatoms. The van der Waals surface area contributed by atoms with Gasteiger partial charge in [-0.3, -0.25) is 4.99 Å². The van der Waals surface area contributed by atoms with E-state index in [9.17, 15) is 0 Å². The van der Waals surface area contributed by atoms with Crippen molar-refractivity contribution in [2.75, 3.05) is 20.1 Å². The average molecular weight is 397 g/mol. The lowest BCUT2D eigenvalue weighted by atomic mass is 9.93. The van der Waals surface area contributed by atoms with Crippen LogP contribution < -0.4 is 5.32 Å². The molecule has 0 saturated heterocycles. The largest absolute Gasteiger partial charge is 0.354 e. The maximum absolute atomic E-state index is 4.43. The van der Waals surface area contributed by atoms with Crippen molar-refractivity contribution in [3.63, 3.8) is 0 Å². The molecule has 1 fully saturated rings. The maximum Gasteiger partial charge on any atom is 0.194 e. The van der Waals surface area contributed by atoms with Gasteiger partial charge in [0.2, 0.25) is 0 Å². The topological polar surface area (TPSA) is 27.6 Å². The molecular weight excluding hydrogens is 373 g/mol. The maximum atomic E-state index is 4.43. The van der Waals surface area contributed by atoms with E-state index in [2.05, 4.69) is 51.6 Å². The number of hydrogen-bond acceptors (Lipinski definition) is 1. The summed E-state index contributed by atoms with van der Waals surface area (Å²) in [6, 6.07) is 11.3. The Morgan fingerprint density at radius 1 is 1.24 bits per heavy atom. The minimum atomic E-state index is 0. The molecule has 1 aromatic carbocycles. The van der Waals surface area contributed by atoms with Crippen molar-refractivity contribution in [3.8, 4) is 0 Å². The molecule has 3 nitrogen and oxygen atoms in total. The standard InChI is InChI=1S/C17H23N3.HI/c1-18-17(19-16-8-5-9-16)20-12-10-15(11-13-20)14-6-3-2-4-7-14;/h2-4,6-7,10,16H,5,8-9,11-13H2,1H3,(H,18,19);1H. The Kier molecular flexibility index (Phi) is 6.08. The second-order valence-electron chi connectivity index (χ2n) is 5.61. The van der Waals surface area contributed by atoms with Gasteiger partial charge in [0.25, 0.3) is 0 Å². The van der Waals surface area contributed by atoms with Crippen LogP contribution in [0.2, 0.25) is 0 Å². The summed E-state index contributed by atoms with van der Waals surface area (Å²) < 4.78 is 0. The molecule has 0 radical (unpaired) electrons. The summed E-state index contributed by atoms with van der Waals surface area (Å²) in [6.07, 6.45) is 7.37. The quantitative estimate of drug-likeness (QED) is 0.470. The van der Waals surface area contributed by atoms with Crippen molar-refractivity contribution in [2.24, 2.45) is 4.99 Å². The summed E-state index contributed by atoms with van der Waals surface area (Å²) in [5, 5.41) is 3.57. The van der Waals surface area contributed by atoms with E-state index < -0.39 is 0 Å². The lowest BCUT2D eigenvalue weighted by Crippen LogP contribution is -2.49. The molecular formula is C17H24IN3. The van der Waals surface area contributed by atoms with E-state index >= 15 is 0 Å². The van der Waals surface area contributed by atoms with Crippen molar-refractivity contribution in [1.29, 1.82) is 0 Å². The highest BCUT2D eigenvalue weighted by Crippen LogP contribution is 2.23. The second-order valence-corrected chi connectivity index (χ2v) is 5.61. The summed E-state index contributed by atoms with van der Waals surface area (Å²) in [4.78, 5) is 6.79. The van der Waals surface area contributed by atoms with Crippen molar-refractivity contribution >= 4 is 35.5 Å². The zero-order valence-electron chi connectivity index (χ0n) is 12.6. The van der Waals surface area contributed by atoms with Crippen LogP contribution in [0.5, 0.6) is 0 Å². The Morgan fingerprint density at radius 3 is 2.52 bits per heavy atom. The van der Waals surface area contributed by atoms with E-state index in [1.54, 1.807) is 0 Å². The normalized spacial score (nSPS) is 19.4. The van der Waals surface area contributed by atoms with E-state index in [1.165, 1.54) is 30.4 Å². The molecule has 0 atom stereocenters. The zero-order chi connectivity index (χ0) is 13.8. The van der Waals surface area contributed by atoms with Crippen LogP contribution in [-0.2, 0) is 0 Å². The molecule has 0 amide bonds. The number of rotatable bonds is 2. The van der Waals surface area contributed by atoms with Crippen LogP contribution >= 0.6 is 24.0 Å². The van der Waals surface area contributed by atoms with E-state index in [1.807, 2.05) is 7.05 Å². The Hall–Kier alpha value is -1.04. The fourth-order valence-corrected chi connectivity index (χ4v) is 2.81. The van der Waals surface area contributed by atoms with Crippen LogP contribution in [0, 0.1) is 0 Å². The summed E-state index contributed by atoms with van der Waals surface area (Å²) in [6.45, 7) is 2.00. The van der Waals surface area contributed by atoms with Crippen LogP contribution in [0.4, 0.5) is 0 Å². The molecule has 1 N–H and O–H groups in total. The first-order valence-corrected chi connectivity index (χ1v) is 7.59. The molecule has 1 heterocycles. The molecule has 1 aliphatic heterocycles. The van der Waals surface area contributed by atoms with Crippen molar-refractivity contribution in [3.05, 3.63) is 42.0 Å². The van der Waals surface area contributed by atoms with Crippen LogP contribution in [0.25, 0.3) is 5.57 Å². The predicted octanol–water partition coefficient (Wildman–Crippen LogP) is 3.52. The van der Waals surface area contributed by atoms with Gasteiger partial charge >= 0.3 is 0 Å². The van der Waals surface area contributed by atoms with Crippen molar-refractivity contribution in [1.82, 2.24) is 10.2 Å².